The molecule has 0 saturated heterocycles. The number of ether oxygens (including phenoxy) is 1. The first-order valence-corrected chi connectivity index (χ1v) is 7.13. The van der Waals surface area contributed by atoms with Gasteiger partial charge >= 0.3 is 5.97 Å². The Kier molecular flexibility index (Phi) is 9.98. The number of esters is 1. The van der Waals surface area contributed by atoms with E-state index in [-0.39, 0.29) is 12.0 Å². The summed E-state index contributed by atoms with van der Waals surface area (Å²) in [5.41, 5.74) is 0. The van der Waals surface area contributed by atoms with Crippen molar-refractivity contribution in [1.29, 1.82) is 0 Å². The fraction of sp³-hybridized carbons (Fsp3) is 0.929. The standard InChI is InChI=1S/C14H30N2O2/c1-6-9-13(14(17)18-7-2)15-10-8-11-16(5)12(3)4/h12-13,15H,6-11H2,1-5H3. The van der Waals surface area contributed by atoms with Crippen LogP contribution in [0.5, 0.6) is 0 Å². The lowest BCUT2D eigenvalue weighted by Crippen LogP contribution is -2.39. The lowest BCUT2D eigenvalue weighted by molar-refractivity contribution is -0.145. The summed E-state index contributed by atoms with van der Waals surface area (Å²) in [5.74, 6) is -0.114. The molecule has 0 aliphatic rings. The molecule has 1 unspecified atom stereocenters. The van der Waals surface area contributed by atoms with E-state index in [0.717, 1.165) is 32.4 Å². The Labute approximate surface area is 112 Å². The molecule has 1 N–H and O–H groups in total. The zero-order valence-corrected chi connectivity index (χ0v) is 12.7. The Hall–Kier alpha value is -0.610. The van der Waals surface area contributed by atoms with Gasteiger partial charge in [-0.1, -0.05) is 13.3 Å². The number of rotatable bonds is 10. The summed E-state index contributed by atoms with van der Waals surface area (Å²) in [6.07, 6.45) is 2.88. The van der Waals surface area contributed by atoms with Gasteiger partial charge in [0.25, 0.3) is 0 Å². The molecular weight excluding hydrogens is 228 g/mol. The Bertz CT molecular complexity index is 220. The van der Waals surface area contributed by atoms with Crippen LogP contribution in [0, 0.1) is 0 Å². The average Bonchev–Trinajstić information content (AvgIpc) is 2.32. The van der Waals surface area contributed by atoms with Crippen molar-refractivity contribution >= 4 is 5.97 Å². The second kappa shape index (κ2) is 10.3. The third-order valence-corrected chi connectivity index (χ3v) is 3.11. The molecule has 0 spiro atoms. The molecule has 0 radical (unpaired) electrons. The Morgan fingerprint density at radius 1 is 1.33 bits per heavy atom. The zero-order chi connectivity index (χ0) is 14.0. The van der Waals surface area contributed by atoms with Crippen LogP contribution >= 0.6 is 0 Å². The first-order chi connectivity index (χ1) is 8.52. The van der Waals surface area contributed by atoms with Crippen molar-refractivity contribution in [3.8, 4) is 0 Å². The zero-order valence-electron chi connectivity index (χ0n) is 12.7. The normalized spacial score (nSPS) is 13.1. The second-order valence-corrected chi connectivity index (χ2v) is 4.98. The molecule has 4 nitrogen and oxygen atoms in total. The van der Waals surface area contributed by atoms with Crippen molar-refractivity contribution in [3.63, 3.8) is 0 Å². The van der Waals surface area contributed by atoms with Crippen LogP contribution in [0.1, 0.15) is 47.0 Å². The molecule has 0 aromatic carbocycles. The van der Waals surface area contributed by atoms with Crippen molar-refractivity contribution in [2.45, 2.75) is 59.0 Å². The molecule has 0 bridgehead atoms. The molecular formula is C14H30N2O2. The van der Waals surface area contributed by atoms with Crippen LogP contribution in [-0.4, -0.2) is 49.7 Å². The highest BCUT2D eigenvalue weighted by atomic mass is 16.5. The highest BCUT2D eigenvalue weighted by Gasteiger charge is 2.17. The summed E-state index contributed by atoms with van der Waals surface area (Å²) in [7, 11) is 2.12. The fourth-order valence-corrected chi connectivity index (χ4v) is 1.70. The van der Waals surface area contributed by atoms with E-state index in [1.807, 2.05) is 6.92 Å². The third kappa shape index (κ3) is 7.67. The van der Waals surface area contributed by atoms with Gasteiger partial charge in [0.2, 0.25) is 0 Å². The quantitative estimate of drug-likeness (QED) is 0.481. The number of carbonyl (C=O) groups is 1. The first-order valence-electron chi connectivity index (χ1n) is 7.13. The maximum absolute atomic E-state index is 11.7. The van der Waals surface area contributed by atoms with Crippen LogP contribution in [0.3, 0.4) is 0 Å². The van der Waals surface area contributed by atoms with E-state index in [9.17, 15) is 4.79 Å². The lowest BCUT2D eigenvalue weighted by Gasteiger charge is -2.22. The van der Waals surface area contributed by atoms with Crippen LogP contribution in [-0.2, 0) is 9.53 Å². The molecule has 0 heterocycles. The Morgan fingerprint density at radius 2 is 2.00 bits per heavy atom. The lowest BCUT2D eigenvalue weighted by atomic mass is 10.1. The van der Waals surface area contributed by atoms with Gasteiger partial charge in [-0.2, -0.15) is 0 Å². The molecule has 108 valence electrons. The number of nitrogens with zero attached hydrogens (tertiary/aromatic N) is 1. The number of nitrogens with one attached hydrogen (secondary N) is 1. The molecule has 0 aromatic heterocycles. The number of hydrogen-bond acceptors (Lipinski definition) is 4. The highest BCUT2D eigenvalue weighted by molar-refractivity contribution is 5.75. The second-order valence-electron chi connectivity index (χ2n) is 4.98. The van der Waals surface area contributed by atoms with Gasteiger partial charge in [0.1, 0.15) is 6.04 Å². The molecule has 0 aliphatic heterocycles. The van der Waals surface area contributed by atoms with Gasteiger partial charge in [0.15, 0.2) is 0 Å². The molecule has 0 amide bonds. The molecule has 1 atom stereocenters. The largest absolute Gasteiger partial charge is 0.465 e. The van der Waals surface area contributed by atoms with E-state index in [0.29, 0.717) is 12.6 Å². The van der Waals surface area contributed by atoms with E-state index < -0.39 is 0 Å². The molecule has 0 rings (SSSR count). The maximum atomic E-state index is 11.7. The van der Waals surface area contributed by atoms with Gasteiger partial charge in [0.05, 0.1) is 6.61 Å². The van der Waals surface area contributed by atoms with Crippen molar-refractivity contribution < 1.29 is 9.53 Å². The first kappa shape index (κ1) is 17.4. The minimum Gasteiger partial charge on any atom is -0.465 e. The smallest absolute Gasteiger partial charge is 0.323 e. The summed E-state index contributed by atoms with van der Waals surface area (Å²) in [4.78, 5) is 14.0. The van der Waals surface area contributed by atoms with Gasteiger partial charge in [-0.3, -0.25) is 4.79 Å². The molecule has 0 aliphatic carbocycles. The van der Waals surface area contributed by atoms with Gasteiger partial charge in [-0.25, -0.2) is 0 Å². The number of hydrogen-bond donors (Lipinski definition) is 1. The van der Waals surface area contributed by atoms with Crippen molar-refractivity contribution in [1.82, 2.24) is 10.2 Å². The van der Waals surface area contributed by atoms with E-state index in [2.05, 4.69) is 38.0 Å². The maximum Gasteiger partial charge on any atom is 0.323 e. The van der Waals surface area contributed by atoms with Crippen molar-refractivity contribution in [2.75, 3.05) is 26.7 Å². The van der Waals surface area contributed by atoms with E-state index in [1.165, 1.54) is 0 Å². The summed E-state index contributed by atoms with van der Waals surface area (Å²) >= 11 is 0. The molecule has 18 heavy (non-hydrogen) atoms. The summed E-state index contributed by atoms with van der Waals surface area (Å²) < 4.78 is 5.06. The SMILES string of the molecule is CCCC(NCCCN(C)C(C)C)C(=O)OCC. The minimum absolute atomic E-state index is 0.114. The van der Waals surface area contributed by atoms with E-state index in [1.54, 1.807) is 0 Å². The fourth-order valence-electron chi connectivity index (χ4n) is 1.70. The molecule has 0 aromatic rings. The molecule has 4 heteroatoms. The van der Waals surface area contributed by atoms with Gasteiger partial charge in [-0.05, 0) is 53.8 Å². The van der Waals surface area contributed by atoms with Gasteiger partial charge in [0, 0.05) is 6.04 Å². The molecule has 0 fully saturated rings. The topological polar surface area (TPSA) is 41.6 Å². The third-order valence-electron chi connectivity index (χ3n) is 3.11. The summed E-state index contributed by atoms with van der Waals surface area (Å²) in [5, 5.41) is 3.30. The minimum atomic E-state index is -0.140. The van der Waals surface area contributed by atoms with Gasteiger partial charge in [-0.15, -0.1) is 0 Å². The summed E-state index contributed by atoms with van der Waals surface area (Å²) in [6.45, 7) is 10.7. The molecule has 0 saturated carbocycles. The predicted octanol–water partition coefficient (Wildman–Crippen LogP) is 2.04. The van der Waals surface area contributed by atoms with Gasteiger partial charge < -0.3 is 15.0 Å². The van der Waals surface area contributed by atoms with E-state index in [4.69, 9.17) is 4.74 Å². The van der Waals surface area contributed by atoms with Crippen LogP contribution in [0.2, 0.25) is 0 Å². The van der Waals surface area contributed by atoms with Crippen LogP contribution in [0.25, 0.3) is 0 Å². The van der Waals surface area contributed by atoms with Crippen LogP contribution < -0.4 is 5.32 Å². The monoisotopic (exact) mass is 258 g/mol. The highest BCUT2D eigenvalue weighted by Crippen LogP contribution is 2.00. The average molecular weight is 258 g/mol. The van der Waals surface area contributed by atoms with Crippen LogP contribution in [0.15, 0.2) is 0 Å². The Morgan fingerprint density at radius 3 is 2.50 bits per heavy atom. The summed E-state index contributed by atoms with van der Waals surface area (Å²) in [6, 6.07) is 0.431. The number of carbonyl (C=O) groups excluding carboxylic acids is 1. The Balaban J connectivity index is 3.86. The van der Waals surface area contributed by atoms with Crippen molar-refractivity contribution in [3.05, 3.63) is 0 Å². The van der Waals surface area contributed by atoms with Crippen molar-refractivity contribution in [2.24, 2.45) is 0 Å². The predicted molar refractivity (Wildman–Crippen MR) is 75.7 cm³/mol. The van der Waals surface area contributed by atoms with Crippen LogP contribution in [0.4, 0.5) is 0 Å². The van der Waals surface area contributed by atoms with E-state index >= 15 is 0 Å².